The number of rotatable bonds is 5. The number of hydrogen-bond donors (Lipinski definition) is 2. The molecule has 9 nitrogen and oxygen atoms in total. The molecule has 0 spiro atoms. The van der Waals surface area contributed by atoms with Crippen LogP contribution >= 0.6 is 0 Å². The summed E-state index contributed by atoms with van der Waals surface area (Å²) in [7, 11) is 1.60. The Morgan fingerprint density at radius 1 is 1.28 bits per heavy atom. The lowest BCUT2D eigenvalue weighted by Gasteiger charge is -2.12. The van der Waals surface area contributed by atoms with Crippen LogP contribution in [0, 0.1) is 5.92 Å². The van der Waals surface area contributed by atoms with Gasteiger partial charge in [0.15, 0.2) is 17.0 Å². The third-order valence-corrected chi connectivity index (χ3v) is 4.57. The normalized spacial score (nSPS) is 20.1. The van der Waals surface area contributed by atoms with Crippen LogP contribution in [-0.2, 0) is 0 Å². The van der Waals surface area contributed by atoms with Gasteiger partial charge in [0.2, 0.25) is 5.95 Å². The Bertz CT molecular complexity index is 862. The molecule has 0 aromatic carbocycles. The van der Waals surface area contributed by atoms with Gasteiger partial charge in [-0.25, -0.2) is 9.97 Å². The van der Waals surface area contributed by atoms with Crippen LogP contribution in [0.25, 0.3) is 17.0 Å². The number of pyridine rings is 1. The van der Waals surface area contributed by atoms with E-state index in [9.17, 15) is 0 Å². The molecule has 1 aliphatic rings. The van der Waals surface area contributed by atoms with Crippen molar-refractivity contribution in [3.05, 3.63) is 24.5 Å². The van der Waals surface area contributed by atoms with Crippen molar-refractivity contribution in [1.29, 1.82) is 0 Å². The molecule has 0 saturated heterocycles. The highest BCUT2D eigenvalue weighted by Crippen LogP contribution is 2.26. The number of nitrogens with zero attached hydrogens (tertiary/aromatic N) is 6. The van der Waals surface area contributed by atoms with Crippen molar-refractivity contribution in [2.24, 2.45) is 11.7 Å². The predicted molar refractivity (Wildman–Crippen MR) is 92.6 cm³/mol. The maximum Gasteiger partial charge on any atom is 0.225 e. The first-order valence-corrected chi connectivity index (χ1v) is 8.32. The van der Waals surface area contributed by atoms with Crippen LogP contribution in [0.15, 0.2) is 24.5 Å². The minimum atomic E-state index is 0.356. The number of aromatic nitrogens is 6. The fraction of sp³-hybridized carbons (Fsp3) is 0.438. The zero-order valence-electron chi connectivity index (χ0n) is 14.0. The second-order valence-electron chi connectivity index (χ2n) is 6.22. The zero-order valence-corrected chi connectivity index (χ0v) is 14.0. The van der Waals surface area contributed by atoms with E-state index in [0.717, 1.165) is 25.8 Å². The molecule has 0 bridgehead atoms. The Morgan fingerprint density at radius 2 is 2.20 bits per heavy atom. The van der Waals surface area contributed by atoms with Gasteiger partial charge in [-0.15, -0.1) is 5.10 Å². The zero-order chi connectivity index (χ0) is 17.2. The third kappa shape index (κ3) is 3.10. The lowest BCUT2D eigenvalue weighted by atomic mass is 10.1. The number of ether oxygens (including phenoxy) is 1. The molecule has 0 radical (unpaired) electrons. The molecule has 1 fully saturated rings. The number of nitrogens with two attached hydrogens (primary N) is 1. The van der Waals surface area contributed by atoms with Crippen molar-refractivity contribution >= 4 is 17.1 Å². The highest BCUT2D eigenvalue weighted by Gasteiger charge is 2.24. The van der Waals surface area contributed by atoms with Crippen molar-refractivity contribution in [3.8, 4) is 11.6 Å². The predicted octanol–water partition coefficient (Wildman–Crippen LogP) is 1.15. The fourth-order valence-electron chi connectivity index (χ4n) is 3.17. The van der Waals surface area contributed by atoms with Crippen LogP contribution in [0.3, 0.4) is 0 Å². The van der Waals surface area contributed by atoms with Gasteiger partial charge < -0.3 is 15.8 Å². The van der Waals surface area contributed by atoms with Crippen LogP contribution in [0.4, 0.5) is 5.95 Å². The van der Waals surface area contributed by atoms with Gasteiger partial charge in [0.1, 0.15) is 5.75 Å². The number of hydrogen-bond acceptors (Lipinski definition) is 8. The van der Waals surface area contributed by atoms with Gasteiger partial charge in [0.25, 0.3) is 0 Å². The van der Waals surface area contributed by atoms with Gasteiger partial charge in [0, 0.05) is 6.04 Å². The molecular formula is C16H20N8O. The standard InChI is InChI=1S/C16H20N8O/c1-25-12-4-5-14(18-8-12)24-15-13(22-23-24)9-19-16(21-15)20-11-3-2-10(6-11)7-17/h4-5,8-11H,2-3,6-7,17H2,1H3,(H,19,20,21). The van der Waals surface area contributed by atoms with Crippen molar-refractivity contribution in [1.82, 2.24) is 29.9 Å². The Kier molecular flexibility index (Phi) is 4.14. The molecule has 2 unspecified atom stereocenters. The van der Waals surface area contributed by atoms with E-state index in [0.29, 0.717) is 40.6 Å². The van der Waals surface area contributed by atoms with Crippen molar-refractivity contribution in [2.75, 3.05) is 19.0 Å². The summed E-state index contributed by atoms with van der Waals surface area (Å²) < 4.78 is 6.73. The fourth-order valence-corrected chi connectivity index (χ4v) is 3.17. The van der Waals surface area contributed by atoms with E-state index >= 15 is 0 Å². The first-order valence-electron chi connectivity index (χ1n) is 8.32. The van der Waals surface area contributed by atoms with E-state index in [1.807, 2.05) is 12.1 Å². The van der Waals surface area contributed by atoms with E-state index in [2.05, 4.69) is 30.6 Å². The highest BCUT2D eigenvalue weighted by molar-refractivity contribution is 5.71. The molecule has 3 heterocycles. The molecular weight excluding hydrogens is 320 g/mol. The molecule has 3 N–H and O–H groups in total. The van der Waals surface area contributed by atoms with Crippen LogP contribution in [0.2, 0.25) is 0 Å². The second-order valence-corrected chi connectivity index (χ2v) is 6.22. The van der Waals surface area contributed by atoms with Crippen LogP contribution in [-0.4, -0.2) is 49.6 Å². The van der Waals surface area contributed by atoms with Crippen LogP contribution in [0.1, 0.15) is 19.3 Å². The lowest BCUT2D eigenvalue weighted by Crippen LogP contribution is -2.19. The molecule has 0 amide bonds. The summed E-state index contributed by atoms with van der Waals surface area (Å²) in [5, 5.41) is 11.6. The summed E-state index contributed by atoms with van der Waals surface area (Å²) in [4.78, 5) is 13.3. The van der Waals surface area contributed by atoms with E-state index in [1.54, 1.807) is 24.2 Å². The summed E-state index contributed by atoms with van der Waals surface area (Å²) in [6.45, 7) is 0.734. The summed E-state index contributed by atoms with van der Waals surface area (Å²) in [6, 6.07) is 3.99. The van der Waals surface area contributed by atoms with Crippen LogP contribution in [0.5, 0.6) is 5.75 Å². The maximum atomic E-state index is 5.76. The van der Waals surface area contributed by atoms with Gasteiger partial charge in [-0.2, -0.15) is 9.67 Å². The Morgan fingerprint density at radius 3 is 2.92 bits per heavy atom. The summed E-state index contributed by atoms with van der Waals surface area (Å²) >= 11 is 0. The largest absolute Gasteiger partial charge is 0.495 e. The minimum absolute atomic E-state index is 0.356. The number of nitrogens with one attached hydrogen (secondary N) is 1. The highest BCUT2D eigenvalue weighted by atomic mass is 16.5. The van der Waals surface area contributed by atoms with Crippen molar-refractivity contribution < 1.29 is 4.74 Å². The number of anilines is 1. The van der Waals surface area contributed by atoms with Crippen molar-refractivity contribution in [3.63, 3.8) is 0 Å². The average molecular weight is 340 g/mol. The molecule has 0 aliphatic heterocycles. The van der Waals surface area contributed by atoms with Gasteiger partial charge >= 0.3 is 0 Å². The summed E-state index contributed by atoms with van der Waals surface area (Å²) in [6.07, 6.45) is 6.59. The number of fused-ring (bicyclic) bond motifs is 1. The van der Waals surface area contributed by atoms with E-state index in [4.69, 9.17) is 10.5 Å². The lowest BCUT2D eigenvalue weighted by molar-refractivity contribution is 0.412. The maximum absolute atomic E-state index is 5.76. The monoisotopic (exact) mass is 340 g/mol. The SMILES string of the molecule is COc1ccc(-n2nnc3cnc(NC4CCC(CN)C4)nc32)nc1. The molecule has 9 heteroatoms. The van der Waals surface area contributed by atoms with Crippen molar-refractivity contribution in [2.45, 2.75) is 25.3 Å². The average Bonchev–Trinajstić information content (AvgIpc) is 3.28. The molecule has 3 aromatic heterocycles. The Labute approximate surface area is 144 Å². The molecule has 1 saturated carbocycles. The Balaban J connectivity index is 1.61. The van der Waals surface area contributed by atoms with Gasteiger partial charge in [-0.05, 0) is 43.9 Å². The first kappa shape index (κ1) is 15.7. The third-order valence-electron chi connectivity index (χ3n) is 4.57. The molecule has 3 aromatic rings. The summed E-state index contributed by atoms with van der Waals surface area (Å²) in [5.41, 5.74) is 6.99. The van der Waals surface area contributed by atoms with Gasteiger partial charge in [-0.3, -0.25) is 0 Å². The van der Waals surface area contributed by atoms with Gasteiger partial charge in [-0.1, -0.05) is 5.21 Å². The van der Waals surface area contributed by atoms with E-state index < -0.39 is 0 Å². The van der Waals surface area contributed by atoms with Crippen LogP contribution < -0.4 is 15.8 Å². The van der Waals surface area contributed by atoms with Gasteiger partial charge in [0.05, 0.1) is 19.5 Å². The molecule has 130 valence electrons. The second kappa shape index (κ2) is 6.60. The molecule has 25 heavy (non-hydrogen) atoms. The quantitative estimate of drug-likeness (QED) is 0.710. The minimum Gasteiger partial charge on any atom is -0.495 e. The Hall–Kier alpha value is -2.81. The van der Waals surface area contributed by atoms with E-state index in [1.165, 1.54) is 0 Å². The smallest absolute Gasteiger partial charge is 0.225 e. The number of methoxy groups -OCH3 is 1. The van der Waals surface area contributed by atoms with E-state index in [-0.39, 0.29) is 0 Å². The summed E-state index contributed by atoms with van der Waals surface area (Å²) in [5.74, 6) is 2.46. The molecule has 4 rings (SSSR count). The molecule has 2 atom stereocenters. The molecule has 1 aliphatic carbocycles. The topological polar surface area (TPSA) is 117 Å². The first-order chi connectivity index (χ1) is 12.3.